The number of hydrogen-bond acceptors (Lipinski definition) is 6. The Morgan fingerprint density at radius 3 is 2.86 bits per heavy atom. The Balaban J connectivity index is 1.60. The van der Waals surface area contributed by atoms with E-state index in [2.05, 4.69) is 51.5 Å². The van der Waals surface area contributed by atoms with Crippen molar-refractivity contribution >= 4 is 33.2 Å². The summed E-state index contributed by atoms with van der Waals surface area (Å²) < 4.78 is 6.14. The van der Waals surface area contributed by atoms with Crippen LogP contribution in [0.15, 0.2) is 48.1 Å². The Morgan fingerprint density at radius 2 is 2.11 bits per heavy atom. The molecule has 0 aliphatic rings. The zero-order valence-electron chi connectivity index (χ0n) is 16.0. The van der Waals surface area contributed by atoms with E-state index < -0.39 is 0 Å². The molecule has 0 saturated heterocycles. The van der Waals surface area contributed by atoms with Gasteiger partial charge in [-0.25, -0.2) is 4.98 Å². The minimum Gasteiger partial charge on any atom is -0.491 e. The molecule has 0 saturated carbocycles. The molecule has 0 aliphatic heterocycles. The van der Waals surface area contributed by atoms with E-state index in [0.717, 1.165) is 46.1 Å². The van der Waals surface area contributed by atoms with Gasteiger partial charge in [0, 0.05) is 35.3 Å². The van der Waals surface area contributed by atoms with Gasteiger partial charge in [0.25, 0.3) is 0 Å². The van der Waals surface area contributed by atoms with Crippen LogP contribution in [0.3, 0.4) is 0 Å². The van der Waals surface area contributed by atoms with E-state index in [1.807, 2.05) is 29.8 Å². The quantitative estimate of drug-likeness (QED) is 0.442. The molecule has 0 radical (unpaired) electrons. The molecule has 2 N–H and O–H groups in total. The predicted octanol–water partition coefficient (Wildman–Crippen LogP) is 4.98. The first-order chi connectivity index (χ1) is 13.7. The fourth-order valence-electron chi connectivity index (χ4n) is 3.14. The van der Waals surface area contributed by atoms with E-state index in [1.165, 1.54) is 5.56 Å². The Bertz CT molecular complexity index is 1030. The van der Waals surface area contributed by atoms with Crippen molar-refractivity contribution in [1.82, 2.24) is 20.2 Å². The SMILES string of the molecule is CC(C)Cc1cc(OCCc2ccccn2)c2[nH]nc(Nc3nccs3)c2c1. The van der Waals surface area contributed by atoms with E-state index in [4.69, 9.17) is 4.74 Å². The van der Waals surface area contributed by atoms with Gasteiger partial charge in [0.05, 0.1) is 6.61 Å². The molecule has 1 aromatic carbocycles. The molecule has 0 atom stereocenters. The minimum atomic E-state index is 0.557. The molecule has 0 spiro atoms. The van der Waals surface area contributed by atoms with E-state index >= 15 is 0 Å². The topological polar surface area (TPSA) is 75.7 Å². The molecule has 144 valence electrons. The first-order valence-corrected chi connectivity index (χ1v) is 10.3. The summed E-state index contributed by atoms with van der Waals surface area (Å²) in [5, 5.41) is 14.6. The summed E-state index contributed by atoms with van der Waals surface area (Å²) in [5.41, 5.74) is 3.15. The van der Waals surface area contributed by atoms with Crippen LogP contribution in [0.1, 0.15) is 25.1 Å². The maximum absolute atomic E-state index is 6.14. The van der Waals surface area contributed by atoms with Crippen LogP contribution < -0.4 is 10.1 Å². The number of nitrogens with one attached hydrogen (secondary N) is 2. The number of ether oxygens (including phenoxy) is 1. The zero-order chi connectivity index (χ0) is 19.3. The third-order valence-corrected chi connectivity index (χ3v) is 5.03. The fourth-order valence-corrected chi connectivity index (χ4v) is 3.67. The molecule has 0 fully saturated rings. The van der Waals surface area contributed by atoms with Crippen molar-refractivity contribution in [3.05, 3.63) is 59.4 Å². The largest absolute Gasteiger partial charge is 0.491 e. The molecule has 3 aromatic heterocycles. The lowest BCUT2D eigenvalue weighted by atomic mass is 10.0. The highest BCUT2D eigenvalue weighted by molar-refractivity contribution is 7.13. The van der Waals surface area contributed by atoms with Crippen molar-refractivity contribution in [2.45, 2.75) is 26.7 Å². The van der Waals surface area contributed by atoms with Crippen LogP contribution in [-0.2, 0) is 12.8 Å². The molecule has 6 nitrogen and oxygen atoms in total. The number of fused-ring (bicyclic) bond motifs is 1. The van der Waals surface area contributed by atoms with Gasteiger partial charge in [-0.15, -0.1) is 11.3 Å². The molecule has 4 rings (SSSR count). The monoisotopic (exact) mass is 393 g/mol. The Kier molecular flexibility index (Phi) is 5.53. The lowest BCUT2D eigenvalue weighted by molar-refractivity contribution is 0.323. The van der Waals surface area contributed by atoms with Gasteiger partial charge < -0.3 is 10.1 Å². The van der Waals surface area contributed by atoms with Crippen LogP contribution in [-0.4, -0.2) is 26.8 Å². The second-order valence-corrected chi connectivity index (χ2v) is 7.96. The number of thiazole rings is 1. The molecule has 28 heavy (non-hydrogen) atoms. The van der Waals surface area contributed by atoms with Gasteiger partial charge in [-0.1, -0.05) is 19.9 Å². The third-order valence-electron chi connectivity index (χ3n) is 4.34. The van der Waals surface area contributed by atoms with Crippen LogP contribution >= 0.6 is 11.3 Å². The van der Waals surface area contributed by atoms with Crippen molar-refractivity contribution in [3.63, 3.8) is 0 Å². The summed E-state index contributed by atoms with van der Waals surface area (Å²) >= 11 is 1.55. The van der Waals surface area contributed by atoms with Crippen molar-refractivity contribution < 1.29 is 4.74 Å². The van der Waals surface area contributed by atoms with Crippen LogP contribution in [0.25, 0.3) is 10.9 Å². The number of hydrogen-bond donors (Lipinski definition) is 2. The van der Waals surface area contributed by atoms with Gasteiger partial charge in [0.15, 0.2) is 10.9 Å². The molecule has 0 aliphatic carbocycles. The summed E-state index contributed by atoms with van der Waals surface area (Å²) in [5.74, 6) is 2.15. The first kappa shape index (κ1) is 18.4. The van der Waals surface area contributed by atoms with Crippen LogP contribution in [0.4, 0.5) is 10.9 Å². The zero-order valence-corrected chi connectivity index (χ0v) is 16.8. The molecule has 0 unspecified atom stereocenters. The minimum absolute atomic E-state index is 0.557. The van der Waals surface area contributed by atoms with Crippen LogP contribution in [0.2, 0.25) is 0 Å². The van der Waals surface area contributed by atoms with Gasteiger partial charge in [-0.2, -0.15) is 5.10 Å². The number of aromatic amines is 1. The van der Waals surface area contributed by atoms with Gasteiger partial charge >= 0.3 is 0 Å². The molecule has 7 heteroatoms. The number of aromatic nitrogens is 4. The number of pyridine rings is 1. The molecular weight excluding hydrogens is 370 g/mol. The number of anilines is 2. The first-order valence-electron chi connectivity index (χ1n) is 9.39. The molecular formula is C21H23N5OS. The Labute approximate surface area is 168 Å². The highest BCUT2D eigenvalue weighted by Gasteiger charge is 2.14. The molecule has 0 amide bonds. The van der Waals surface area contributed by atoms with Crippen LogP contribution in [0, 0.1) is 5.92 Å². The number of benzene rings is 1. The van der Waals surface area contributed by atoms with Crippen molar-refractivity contribution in [2.75, 3.05) is 11.9 Å². The number of nitrogens with zero attached hydrogens (tertiary/aromatic N) is 3. The maximum atomic E-state index is 6.14. The second kappa shape index (κ2) is 8.39. The number of H-pyrrole nitrogens is 1. The normalized spacial score (nSPS) is 11.2. The summed E-state index contributed by atoms with van der Waals surface area (Å²) in [7, 11) is 0. The van der Waals surface area contributed by atoms with Crippen molar-refractivity contribution in [3.8, 4) is 5.75 Å². The third kappa shape index (κ3) is 4.31. The Morgan fingerprint density at radius 1 is 1.18 bits per heavy atom. The lowest BCUT2D eigenvalue weighted by Crippen LogP contribution is -2.04. The number of rotatable bonds is 8. The molecule has 4 aromatic rings. The summed E-state index contributed by atoms with van der Waals surface area (Å²) in [6.07, 6.45) is 5.32. The van der Waals surface area contributed by atoms with Crippen molar-refractivity contribution in [2.24, 2.45) is 5.92 Å². The fraction of sp³-hybridized carbons (Fsp3) is 0.286. The lowest BCUT2D eigenvalue weighted by Gasteiger charge is -2.11. The average Bonchev–Trinajstić information content (AvgIpc) is 3.33. The standard InChI is InChI=1S/C21H23N5OS/c1-14(2)11-15-12-17-19(25-26-20(17)24-21-23-8-10-28-21)18(13-15)27-9-6-16-5-3-4-7-22-16/h3-5,7-8,10,12-14H,6,9,11H2,1-2H3,(H2,23,24,25,26). The van der Waals surface area contributed by atoms with E-state index in [1.54, 1.807) is 17.5 Å². The molecule has 0 bridgehead atoms. The highest BCUT2D eigenvalue weighted by Crippen LogP contribution is 2.33. The van der Waals surface area contributed by atoms with E-state index in [0.29, 0.717) is 12.5 Å². The van der Waals surface area contributed by atoms with Crippen LogP contribution in [0.5, 0.6) is 5.75 Å². The summed E-state index contributed by atoms with van der Waals surface area (Å²) in [6.45, 7) is 5.00. The maximum Gasteiger partial charge on any atom is 0.188 e. The van der Waals surface area contributed by atoms with Crippen molar-refractivity contribution in [1.29, 1.82) is 0 Å². The average molecular weight is 394 g/mol. The summed E-state index contributed by atoms with van der Waals surface area (Å²) in [4.78, 5) is 8.65. The highest BCUT2D eigenvalue weighted by atomic mass is 32.1. The second-order valence-electron chi connectivity index (χ2n) is 7.07. The van der Waals surface area contributed by atoms with Gasteiger partial charge in [-0.3, -0.25) is 10.1 Å². The molecule has 3 heterocycles. The van der Waals surface area contributed by atoms with E-state index in [9.17, 15) is 0 Å². The Hall–Kier alpha value is -2.93. The smallest absolute Gasteiger partial charge is 0.188 e. The van der Waals surface area contributed by atoms with Gasteiger partial charge in [0.2, 0.25) is 0 Å². The summed E-state index contributed by atoms with van der Waals surface area (Å²) in [6, 6.07) is 10.2. The van der Waals surface area contributed by atoms with E-state index in [-0.39, 0.29) is 0 Å². The van der Waals surface area contributed by atoms with Gasteiger partial charge in [-0.05, 0) is 42.2 Å². The predicted molar refractivity (Wildman–Crippen MR) is 113 cm³/mol. The van der Waals surface area contributed by atoms with Gasteiger partial charge in [0.1, 0.15) is 11.3 Å².